The van der Waals surface area contributed by atoms with E-state index >= 15 is 0 Å². The number of ether oxygens (including phenoxy) is 2. The maximum Gasteiger partial charge on any atom is 0.161 e. The van der Waals surface area contributed by atoms with Crippen molar-refractivity contribution < 1.29 is 14.8 Å². The van der Waals surface area contributed by atoms with Gasteiger partial charge in [0.05, 0.1) is 25.8 Å². The van der Waals surface area contributed by atoms with Gasteiger partial charge in [0.15, 0.2) is 11.5 Å². The van der Waals surface area contributed by atoms with Gasteiger partial charge >= 0.3 is 0 Å². The van der Waals surface area contributed by atoms with Crippen LogP contribution in [0.5, 0.6) is 11.5 Å². The zero-order valence-electron chi connectivity index (χ0n) is 12.0. The molecule has 3 heteroatoms. The summed E-state index contributed by atoms with van der Waals surface area (Å²) in [4.78, 5) is 0. The zero-order valence-corrected chi connectivity index (χ0v) is 12.0. The Morgan fingerprint density at radius 3 is 2.33 bits per heavy atom. The smallest absolute Gasteiger partial charge is 0.161 e. The van der Waals surface area contributed by atoms with Crippen LogP contribution in [0, 0.1) is 0 Å². The van der Waals surface area contributed by atoms with Crippen molar-refractivity contribution in [2.45, 2.75) is 39.2 Å². The molecule has 1 aromatic carbocycles. The SMILES string of the molecule is COc1ccccc1OCCCC[NH2+]C(C)(C)C. The van der Waals surface area contributed by atoms with Crippen molar-refractivity contribution in [1.82, 2.24) is 0 Å². The summed E-state index contributed by atoms with van der Waals surface area (Å²) in [5, 5.41) is 2.37. The summed E-state index contributed by atoms with van der Waals surface area (Å²) in [6, 6.07) is 7.78. The fraction of sp³-hybridized carbons (Fsp3) is 0.600. The van der Waals surface area contributed by atoms with E-state index in [4.69, 9.17) is 9.47 Å². The van der Waals surface area contributed by atoms with Crippen LogP contribution in [-0.4, -0.2) is 25.8 Å². The number of nitrogens with two attached hydrogens (primary N) is 1. The lowest BCUT2D eigenvalue weighted by Gasteiger charge is -2.16. The topological polar surface area (TPSA) is 35.1 Å². The maximum absolute atomic E-state index is 5.72. The predicted molar refractivity (Wildman–Crippen MR) is 74.3 cm³/mol. The minimum absolute atomic E-state index is 0.323. The van der Waals surface area contributed by atoms with Crippen LogP contribution in [0.4, 0.5) is 0 Å². The lowest BCUT2D eigenvalue weighted by molar-refractivity contribution is -0.717. The molecule has 2 N–H and O–H groups in total. The Hall–Kier alpha value is -1.22. The monoisotopic (exact) mass is 252 g/mol. The molecule has 0 saturated carbocycles. The average molecular weight is 252 g/mol. The van der Waals surface area contributed by atoms with Gasteiger partial charge in [-0.2, -0.15) is 0 Å². The molecule has 0 aromatic heterocycles. The van der Waals surface area contributed by atoms with Gasteiger partial charge in [-0.1, -0.05) is 12.1 Å². The first-order chi connectivity index (χ1) is 8.53. The minimum Gasteiger partial charge on any atom is -0.493 e. The van der Waals surface area contributed by atoms with Crippen LogP contribution < -0.4 is 14.8 Å². The third-order valence-electron chi connectivity index (χ3n) is 2.68. The van der Waals surface area contributed by atoms with E-state index in [1.807, 2.05) is 24.3 Å². The van der Waals surface area contributed by atoms with Crippen LogP contribution in [0.2, 0.25) is 0 Å². The number of para-hydroxylation sites is 2. The van der Waals surface area contributed by atoms with Crippen molar-refractivity contribution in [2.24, 2.45) is 0 Å². The van der Waals surface area contributed by atoms with E-state index < -0.39 is 0 Å². The van der Waals surface area contributed by atoms with E-state index in [1.54, 1.807) is 7.11 Å². The fourth-order valence-electron chi connectivity index (χ4n) is 1.70. The summed E-state index contributed by atoms with van der Waals surface area (Å²) in [5.74, 6) is 1.64. The number of hydrogen-bond acceptors (Lipinski definition) is 2. The van der Waals surface area contributed by atoms with Crippen molar-refractivity contribution in [2.75, 3.05) is 20.3 Å². The Labute approximate surface area is 110 Å². The second-order valence-electron chi connectivity index (χ2n) is 5.57. The van der Waals surface area contributed by atoms with Gasteiger partial charge in [0, 0.05) is 0 Å². The molecule has 0 aliphatic heterocycles. The van der Waals surface area contributed by atoms with Gasteiger partial charge in [-0.3, -0.25) is 0 Å². The first kappa shape index (κ1) is 14.8. The van der Waals surface area contributed by atoms with E-state index in [0.29, 0.717) is 5.54 Å². The Kier molecular flexibility index (Phi) is 5.99. The molecule has 3 nitrogen and oxygen atoms in total. The van der Waals surface area contributed by atoms with Gasteiger partial charge in [-0.25, -0.2) is 0 Å². The quantitative estimate of drug-likeness (QED) is 0.755. The highest BCUT2D eigenvalue weighted by Crippen LogP contribution is 2.25. The second-order valence-corrected chi connectivity index (χ2v) is 5.57. The van der Waals surface area contributed by atoms with Crippen LogP contribution in [0.15, 0.2) is 24.3 Å². The van der Waals surface area contributed by atoms with E-state index in [-0.39, 0.29) is 0 Å². The number of rotatable bonds is 7. The summed E-state index contributed by atoms with van der Waals surface area (Å²) in [6.45, 7) is 8.60. The highest BCUT2D eigenvalue weighted by atomic mass is 16.5. The highest BCUT2D eigenvalue weighted by Gasteiger charge is 2.11. The molecule has 0 bridgehead atoms. The summed E-state index contributed by atoms with van der Waals surface area (Å²) in [5.41, 5.74) is 0.323. The molecule has 0 fully saturated rings. The number of benzene rings is 1. The fourth-order valence-corrected chi connectivity index (χ4v) is 1.70. The van der Waals surface area contributed by atoms with Crippen molar-refractivity contribution in [1.29, 1.82) is 0 Å². The van der Waals surface area contributed by atoms with E-state index in [1.165, 1.54) is 6.42 Å². The summed E-state index contributed by atoms with van der Waals surface area (Å²) >= 11 is 0. The number of hydrogen-bond donors (Lipinski definition) is 1. The molecule has 0 amide bonds. The molecule has 0 unspecified atom stereocenters. The third-order valence-corrected chi connectivity index (χ3v) is 2.68. The first-order valence-corrected chi connectivity index (χ1v) is 6.63. The number of quaternary nitrogens is 1. The Bertz CT molecular complexity index is 345. The Morgan fingerprint density at radius 2 is 1.72 bits per heavy atom. The second kappa shape index (κ2) is 7.27. The Morgan fingerprint density at radius 1 is 1.06 bits per heavy atom. The number of methoxy groups -OCH3 is 1. The maximum atomic E-state index is 5.72. The van der Waals surface area contributed by atoms with E-state index in [0.717, 1.165) is 31.1 Å². The molecule has 0 radical (unpaired) electrons. The van der Waals surface area contributed by atoms with Crippen LogP contribution in [-0.2, 0) is 0 Å². The standard InChI is InChI=1S/C15H25NO2/c1-15(2,3)16-11-7-8-12-18-14-10-6-5-9-13(14)17-4/h5-6,9-10,16H,7-8,11-12H2,1-4H3/p+1. The van der Waals surface area contributed by atoms with Crippen LogP contribution in [0.1, 0.15) is 33.6 Å². The molecular formula is C15H26NO2+. The molecule has 1 aromatic rings. The third kappa shape index (κ3) is 5.92. The summed E-state index contributed by atoms with van der Waals surface area (Å²) < 4.78 is 11.0. The van der Waals surface area contributed by atoms with Gasteiger partial charge in [0.2, 0.25) is 0 Å². The van der Waals surface area contributed by atoms with E-state index in [2.05, 4.69) is 26.1 Å². The van der Waals surface area contributed by atoms with Gasteiger partial charge < -0.3 is 14.8 Å². The van der Waals surface area contributed by atoms with Gasteiger partial charge in [0.1, 0.15) is 0 Å². The Balaban J connectivity index is 2.18. The van der Waals surface area contributed by atoms with Crippen molar-refractivity contribution in [3.8, 4) is 11.5 Å². The average Bonchev–Trinajstić information content (AvgIpc) is 2.32. The van der Waals surface area contributed by atoms with Crippen LogP contribution in [0.25, 0.3) is 0 Å². The molecule has 0 aliphatic carbocycles. The molecule has 0 heterocycles. The van der Waals surface area contributed by atoms with Crippen molar-refractivity contribution in [3.63, 3.8) is 0 Å². The zero-order chi connectivity index (χ0) is 13.4. The van der Waals surface area contributed by atoms with E-state index in [9.17, 15) is 0 Å². The minimum atomic E-state index is 0.323. The van der Waals surface area contributed by atoms with Crippen molar-refractivity contribution >= 4 is 0 Å². The molecule has 1 rings (SSSR count). The lowest BCUT2D eigenvalue weighted by atomic mass is 10.1. The molecule has 0 atom stereocenters. The highest BCUT2D eigenvalue weighted by molar-refractivity contribution is 5.39. The predicted octanol–water partition coefficient (Wildman–Crippen LogP) is 2.22. The van der Waals surface area contributed by atoms with Crippen LogP contribution in [0.3, 0.4) is 0 Å². The normalized spacial score (nSPS) is 11.3. The molecule has 0 aliphatic rings. The molecular weight excluding hydrogens is 226 g/mol. The molecule has 0 spiro atoms. The number of unbranched alkanes of at least 4 members (excludes halogenated alkanes) is 1. The molecule has 18 heavy (non-hydrogen) atoms. The van der Waals surface area contributed by atoms with Gasteiger partial charge in [-0.05, 0) is 45.7 Å². The summed E-state index contributed by atoms with van der Waals surface area (Å²) in [6.07, 6.45) is 2.25. The lowest BCUT2D eigenvalue weighted by Crippen LogP contribution is -2.94. The van der Waals surface area contributed by atoms with Gasteiger partial charge in [0.25, 0.3) is 0 Å². The molecule has 102 valence electrons. The summed E-state index contributed by atoms with van der Waals surface area (Å²) in [7, 11) is 1.67. The first-order valence-electron chi connectivity index (χ1n) is 6.63. The van der Waals surface area contributed by atoms with Crippen LogP contribution >= 0.6 is 0 Å². The molecule has 0 saturated heterocycles. The van der Waals surface area contributed by atoms with Crippen molar-refractivity contribution in [3.05, 3.63) is 24.3 Å². The largest absolute Gasteiger partial charge is 0.493 e. The van der Waals surface area contributed by atoms with Gasteiger partial charge in [-0.15, -0.1) is 0 Å².